The number of carbonyl (C=O) groups excluding carboxylic acids is 1. The van der Waals surface area contributed by atoms with Gasteiger partial charge in [-0.3, -0.25) is 4.79 Å². The third kappa shape index (κ3) is 5.86. The molecule has 0 spiro atoms. The molecule has 1 aliphatic carbocycles. The van der Waals surface area contributed by atoms with E-state index in [1.54, 1.807) is 0 Å². The third-order valence-electron chi connectivity index (χ3n) is 7.45. The molecule has 0 heterocycles. The number of benzene rings is 3. The summed E-state index contributed by atoms with van der Waals surface area (Å²) < 4.78 is 0. The molecule has 1 saturated carbocycles. The largest absolute Gasteiger partial charge is 0.396 e. The lowest BCUT2D eigenvalue weighted by molar-refractivity contribution is -0.131. The van der Waals surface area contributed by atoms with Crippen LogP contribution in [0.25, 0.3) is 10.8 Å². The predicted molar refractivity (Wildman–Crippen MR) is 140 cm³/mol. The first-order valence-corrected chi connectivity index (χ1v) is 12.7. The molecule has 34 heavy (non-hydrogen) atoms. The quantitative estimate of drug-likeness (QED) is 0.463. The number of aliphatic hydroxyl groups is 1. The first kappa shape index (κ1) is 24.4. The molecule has 180 valence electrons. The zero-order valence-corrected chi connectivity index (χ0v) is 20.6. The number of fused-ring (bicyclic) bond motifs is 1. The van der Waals surface area contributed by atoms with Crippen LogP contribution in [0.2, 0.25) is 0 Å². The number of hydrogen-bond donors (Lipinski definition) is 2. The van der Waals surface area contributed by atoms with Gasteiger partial charge in [-0.1, -0.05) is 60.7 Å². The molecule has 3 aromatic carbocycles. The zero-order chi connectivity index (χ0) is 23.9. The first-order chi connectivity index (χ1) is 16.6. The van der Waals surface area contributed by atoms with E-state index in [4.69, 9.17) is 5.11 Å². The van der Waals surface area contributed by atoms with Crippen molar-refractivity contribution in [3.8, 4) is 0 Å². The van der Waals surface area contributed by atoms with Gasteiger partial charge in [-0.25, -0.2) is 0 Å². The van der Waals surface area contributed by atoms with Gasteiger partial charge in [-0.15, -0.1) is 0 Å². The smallest absolute Gasteiger partial charge is 0.226 e. The van der Waals surface area contributed by atoms with Gasteiger partial charge in [0.05, 0.1) is 6.42 Å². The highest BCUT2D eigenvalue weighted by molar-refractivity contribution is 5.85. The van der Waals surface area contributed by atoms with Crippen molar-refractivity contribution >= 4 is 16.7 Å². The summed E-state index contributed by atoms with van der Waals surface area (Å²) in [6, 6.07) is 21.8. The maximum Gasteiger partial charge on any atom is 0.226 e. The molecule has 0 atom stereocenters. The van der Waals surface area contributed by atoms with Gasteiger partial charge in [-0.2, -0.15) is 0 Å². The van der Waals surface area contributed by atoms with Crippen molar-refractivity contribution in [3.63, 3.8) is 0 Å². The van der Waals surface area contributed by atoms with Crippen LogP contribution in [-0.2, 0) is 24.2 Å². The van der Waals surface area contributed by atoms with Gasteiger partial charge in [0.1, 0.15) is 0 Å². The maximum absolute atomic E-state index is 13.1. The summed E-state index contributed by atoms with van der Waals surface area (Å²) >= 11 is 0. The monoisotopic (exact) mass is 458 g/mol. The highest BCUT2D eigenvalue weighted by Crippen LogP contribution is 2.36. The Morgan fingerprint density at radius 3 is 2.44 bits per heavy atom. The Bertz CT molecular complexity index is 1100. The summed E-state index contributed by atoms with van der Waals surface area (Å²) in [5.41, 5.74) is 5.21. The number of likely N-dealkylation sites (N-methyl/N-ethyl adjacent to an activating group) is 1. The van der Waals surface area contributed by atoms with Gasteiger partial charge >= 0.3 is 0 Å². The highest BCUT2D eigenvalue weighted by atomic mass is 16.2. The maximum atomic E-state index is 13.1. The van der Waals surface area contributed by atoms with Crippen molar-refractivity contribution < 1.29 is 9.90 Å². The van der Waals surface area contributed by atoms with Crippen LogP contribution in [0.3, 0.4) is 0 Å². The fourth-order valence-electron chi connectivity index (χ4n) is 5.47. The van der Waals surface area contributed by atoms with E-state index in [-0.39, 0.29) is 12.5 Å². The van der Waals surface area contributed by atoms with Crippen LogP contribution in [0.1, 0.15) is 60.3 Å². The molecule has 0 unspecified atom stereocenters. The molecule has 0 aliphatic heterocycles. The highest BCUT2D eigenvalue weighted by Gasteiger charge is 2.28. The van der Waals surface area contributed by atoms with Gasteiger partial charge in [-0.05, 0) is 84.5 Å². The van der Waals surface area contributed by atoms with Gasteiger partial charge in [0.15, 0.2) is 0 Å². The summed E-state index contributed by atoms with van der Waals surface area (Å²) in [5.74, 6) is 0.762. The second-order valence-electron chi connectivity index (χ2n) is 9.76. The van der Waals surface area contributed by atoms with E-state index in [0.717, 1.165) is 50.6 Å². The van der Waals surface area contributed by atoms with Crippen LogP contribution in [0, 0.1) is 0 Å². The molecular formula is C30H38N2O2. The van der Waals surface area contributed by atoms with E-state index in [1.165, 1.54) is 27.5 Å². The number of nitrogens with one attached hydrogen (secondary N) is 1. The molecule has 3 aromatic rings. The van der Waals surface area contributed by atoms with Gasteiger partial charge in [0.2, 0.25) is 5.91 Å². The van der Waals surface area contributed by atoms with Crippen LogP contribution in [0.15, 0.2) is 60.7 Å². The molecule has 0 aromatic heterocycles. The number of rotatable bonds is 9. The van der Waals surface area contributed by atoms with E-state index in [1.807, 2.05) is 31.1 Å². The van der Waals surface area contributed by atoms with Gasteiger partial charge < -0.3 is 15.3 Å². The summed E-state index contributed by atoms with van der Waals surface area (Å²) in [4.78, 5) is 15.1. The van der Waals surface area contributed by atoms with Crippen molar-refractivity contribution in [2.24, 2.45) is 0 Å². The Balaban J connectivity index is 1.36. The average Bonchev–Trinajstić information content (AvgIpc) is 2.87. The van der Waals surface area contributed by atoms with Gasteiger partial charge in [0, 0.05) is 26.2 Å². The topological polar surface area (TPSA) is 52.6 Å². The SMILES string of the molecule is CNCc1cc(CCCO)ccc1C1CCC(N(C)C(=O)Cc2ccc3ccccc3c2)CC1. The lowest BCUT2D eigenvalue weighted by atomic mass is 9.79. The van der Waals surface area contributed by atoms with Crippen LogP contribution in [-0.4, -0.2) is 42.7 Å². The van der Waals surface area contributed by atoms with Crippen LogP contribution in [0.4, 0.5) is 0 Å². The minimum absolute atomic E-state index is 0.211. The lowest BCUT2D eigenvalue weighted by Crippen LogP contribution is -2.40. The van der Waals surface area contributed by atoms with Crippen molar-refractivity contribution in [1.82, 2.24) is 10.2 Å². The zero-order valence-electron chi connectivity index (χ0n) is 20.6. The second kappa shape index (κ2) is 11.6. The summed E-state index contributed by atoms with van der Waals surface area (Å²) in [6.07, 6.45) is 6.53. The Kier molecular flexibility index (Phi) is 8.36. The molecule has 4 rings (SSSR count). The standard InChI is InChI=1S/C30H38N2O2/c1-31-21-27-18-22(6-5-17-33)10-16-29(27)25-12-14-28(15-13-25)32(2)30(34)20-23-9-11-24-7-3-4-8-26(24)19-23/h3-4,7-11,16,18-19,25,28,31,33H,5-6,12-15,17,20-21H2,1-2H3. The van der Waals surface area contributed by atoms with Crippen LogP contribution < -0.4 is 5.32 Å². The molecule has 2 N–H and O–H groups in total. The molecule has 4 heteroatoms. The fraction of sp³-hybridized carbons (Fsp3) is 0.433. The van der Waals surface area contributed by atoms with Crippen molar-refractivity contribution in [3.05, 3.63) is 82.9 Å². The van der Waals surface area contributed by atoms with Crippen molar-refractivity contribution in [1.29, 1.82) is 0 Å². The van der Waals surface area contributed by atoms with Crippen molar-refractivity contribution in [2.45, 2.75) is 63.5 Å². The second-order valence-corrected chi connectivity index (χ2v) is 9.76. The predicted octanol–water partition coefficient (Wildman–Crippen LogP) is 5.21. The Morgan fingerprint density at radius 1 is 0.971 bits per heavy atom. The summed E-state index contributed by atoms with van der Waals surface area (Å²) in [5, 5.41) is 14.9. The molecule has 4 nitrogen and oxygen atoms in total. The third-order valence-corrected chi connectivity index (χ3v) is 7.45. The van der Waals surface area contributed by atoms with E-state index in [2.05, 4.69) is 53.8 Å². The summed E-state index contributed by atoms with van der Waals surface area (Å²) in [7, 11) is 3.98. The molecule has 1 amide bonds. The number of amides is 1. The lowest BCUT2D eigenvalue weighted by Gasteiger charge is -2.35. The molecule has 0 bridgehead atoms. The first-order valence-electron chi connectivity index (χ1n) is 12.7. The number of hydrogen-bond acceptors (Lipinski definition) is 3. The molecule has 1 fully saturated rings. The normalized spacial score (nSPS) is 18.2. The minimum Gasteiger partial charge on any atom is -0.396 e. The van der Waals surface area contributed by atoms with E-state index >= 15 is 0 Å². The van der Waals surface area contributed by atoms with E-state index in [9.17, 15) is 4.79 Å². The summed E-state index contributed by atoms with van der Waals surface area (Å²) in [6.45, 7) is 1.10. The average molecular weight is 459 g/mol. The fourth-order valence-corrected chi connectivity index (χ4v) is 5.47. The number of carbonyl (C=O) groups is 1. The number of aliphatic hydroxyl groups excluding tert-OH is 1. The minimum atomic E-state index is 0.211. The van der Waals surface area contributed by atoms with E-state index < -0.39 is 0 Å². The molecular weight excluding hydrogens is 420 g/mol. The van der Waals surface area contributed by atoms with Crippen LogP contribution >= 0.6 is 0 Å². The van der Waals surface area contributed by atoms with Gasteiger partial charge in [0.25, 0.3) is 0 Å². The number of nitrogens with zero attached hydrogens (tertiary/aromatic N) is 1. The molecule has 0 radical (unpaired) electrons. The van der Waals surface area contributed by atoms with E-state index in [0.29, 0.717) is 18.4 Å². The number of aryl methyl sites for hydroxylation is 1. The van der Waals surface area contributed by atoms with Crippen LogP contribution in [0.5, 0.6) is 0 Å². The molecule has 0 saturated heterocycles. The Hall–Kier alpha value is -2.69. The Morgan fingerprint density at radius 2 is 1.71 bits per heavy atom. The Labute approximate surface area is 204 Å². The van der Waals surface area contributed by atoms with Crippen molar-refractivity contribution in [2.75, 3.05) is 20.7 Å². The molecule has 1 aliphatic rings.